The van der Waals surface area contributed by atoms with Crippen LogP contribution in [0, 0.1) is 0 Å². The molecule has 0 spiro atoms. The van der Waals surface area contributed by atoms with Gasteiger partial charge in [0.25, 0.3) is 0 Å². The number of halogens is 1. The molecule has 3 N–H and O–H groups in total. The highest BCUT2D eigenvalue weighted by Crippen LogP contribution is 2.31. The third-order valence-electron chi connectivity index (χ3n) is 4.23. The summed E-state index contributed by atoms with van der Waals surface area (Å²) in [5, 5.41) is 3.98. The van der Waals surface area contributed by atoms with Gasteiger partial charge in [-0.3, -0.25) is 4.99 Å². The molecule has 0 saturated carbocycles. The topological polar surface area (TPSA) is 68.9 Å². The average molecular weight is 360 g/mol. The van der Waals surface area contributed by atoms with E-state index in [4.69, 9.17) is 26.8 Å². The number of methoxy groups -OCH3 is 1. The number of nitrogens with zero attached hydrogens (tertiary/aromatic N) is 1. The fourth-order valence-electron chi connectivity index (χ4n) is 2.89. The van der Waals surface area contributed by atoms with Crippen molar-refractivity contribution in [2.45, 2.75) is 18.6 Å². The summed E-state index contributed by atoms with van der Waals surface area (Å²) in [6, 6.07) is 15.6. The number of guanidine groups is 1. The lowest BCUT2D eigenvalue weighted by atomic mass is 10.0. The van der Waals surface area contributed by atoms with Crippen molar-refractivity contribution < 1.29 is 9.47 Å². The monoisotopic (exact) mass is 359 g/mol. The van der Waals surface area contributed by atoms with Gasteiger partial charge in [0.15, 0.2) is 5.96 Å². The summed E-state index contributed by atoms with van der Waals surface area (Å²) in [7, 11) is 1.66. The Morgan fingerprint density at radius 1 is 1.32 bits per heavy atom. The summed E-state index contributed by atoms with van der Waals surface area (Å²) in [6.07, 6.45) is 0.678. The van der Waals surface area contributed by atoms with Gasteiger partial charge in [-0.15, -0.1) is 0 Å². The average Bonchev–Trinajstić information content (AvgIpc) is 2.64. The second-order valence-corrected chi connectivity index (χ2v) is 6.31. The van der Waals surface area contributed by atoms with Crippen LogP contribution in [0.4, 0.5) is 0 Å². The zero-order valence-corrected chi connectivity index (χ0v) is 14.9. The minimum Gasteiger partial charge on any atom is -0.493 e. The number of rotatable bonds is 5. The van der Waals surface area contributed by atoms with Gasteiger partial charge in [-0.1, -0.05) is 41.9 Å². The van der Waals surface area contributed by atoms with Crippen molar-refractivity contribution in [1.29, 1.82) is 0 Å². The van der Waals surface area contributed by atoms with Crippen LogP contribution in [-0.4, -0.2) is 26.2 Å². The zero-order chi connectivity index (χ0) is 17.6. The first-order valence-corrected chi connectivity index (χ1v) is 8.61. The fraction of sp³-hybridized carbons (Fsp3) is 0.316. The van der Waals surface area contributed by atoms with Crippen LogP contribution in [0.3, 0.4) is 0 Å². The van der Waals surface area contributed by atoms with E-state index in [-0.39, 0.29) is 12.1 Å². The number of aliphatic imine (C=N–C) groups is 1. The van der Waals surface area contributed by atoms with Crippen LogP contribution in [-0.2, 0) is 4.74 Å². The summed E-state index contributed by atoms with van der Waals surface area (Å²) >= 11 is 5.93. The van der Waals surface area contributed by atoms with Gasteiger partial charge < -0.3 is 20.5 Å². The number of ether oxygens (including phenoxy) is 2. The molecular weight excluding hydrogens is 338 g/mol. The maximum Gasteiger partial charge on any atom is 0.189 e. The van der Waals surface area contributed by atoms with Gasteiger partial charge >= 0.3 is 0 Å². The molecule has 2 atom stereocenters. The Bertz CT molecular complexity index is 734. The van der Waals surface area contributed by atoms with Crippen LogP contribution < -0.4 is 15.8 Å². The Morgan fingerprint density at radius 2 is 2.08 bits per heavy atom. The van der Waals surface area contributed by atoms with Crippen molar-refractivity contribution in [2.24, 2.45) is 10.7 Å². The summed E-state index contributed by atoms with van der Waals surface area (Å²) < 4.78 is 11.2. The molecule has 0 aliphatic carbocycles. The van der Waals surface area contributed by atoms with Crippen molar-refractivity contribution in [3.63, 3.8) is 0 Å². The lowest BCUT2D eigenvalue weighted by Crippen LogP contribution is -2.37. The third kappa shape index (κ3) is 4.44. The minimum atomic E-state index is -0.167. The molecule has 5 nitrogen and oxygen atoms in total. The molecule has 0 bridgehead atoms. The van der Waals surface area contributed by atoms with E-state index in [2.05, 4.69) is 10.3 Å². The van der Waals surface area contributed by atoms with Crippen molar-refractivity contribution in [3.8, 4) is 5.75 Å². The maximum absolute atomic E-state index is 6.09. The molecule has 2 aromatic carbocycles. The predicted molar refractivity (Wildman–Crippen MR) is 100 cm³/mol. The van der Waals surface area contributed by atoms with Gasteiger partial charge in [0.05, 0.1) is 19.2 Å². The van der Waals surface area contributed by atoms with Crippen molar-refractivity contribution in [1.82, 2.24) is 5.32 Å². The third-order valence-corrected chi connectivity index (χ3v) is 4.49. The highest BCUT2D eigenvalue weighted by molar-refractivity contribution is 6.30. The molecule has 0 aromatic heterocycles. The molecule has 6 heteroatoms. The highest BCUT2D eigenvalue weighted by Gasteiger charge is 2.21. The second-order valence-electron chi connectivity index (χ2n) is 5.87. The summed E-state index contributed by atoms with van der Waals surface area (Å²) in [5.74, 6) is 1.30. The largest absolute Gasteiger partial charge is 0.493 e. The van der Waals surface area contributed by atoms with Crippen LogP contribution in [0.5, 0.6) is 5.75 Å². The SMILES string of the molecule is COC(CN=C(N)NC1CCOc2ccccc21)c1ccc(Cl)cc1. The molecule has 0 fully saturated rings. The molecule has 2 unspecified atom stereocenters. The number of nitrogens with one attached hydrogen (secondary N) is 1. The zero-order valence-electron chi connectivity index (χ0n) is 14.1. The van der Waals surface area contributed by atoms with Gasteiger partial charge in [0.1, 0.15) is 11.9 Å². The Balaban J connectivity index is 1.65. The van der Waals surface area contributed by atoms with E-state index in [1.807, 2.05) is 48.5 Å². The van der Waals surface area contributed by atoms with Crippen LogP contribution >= 0.6 is 11.6 Å². The number of nitrogens with two attached hydrogens (primary N) is 1. The van der Waals surface area contributed by atoms with Gasteiger partial charge in [0.2, 0.25) is 0 Å². The second kappa shape index (κ2) is 8.23. The summed E-state index contributed by atoms with van der Waals surface area (Å²) in [5.41, 5.74) is 8.21. The number of hydrogen-bond acceptors (Lipinski definition) is 3. The van der Waals surface area contributed by atoms with E-state index in [0.717, 1.165) is 23.3 Å². The van der Waals surface area contributed by atoms with E-state index in [0.29, 0.717) is 24.1 Å². The van der Waals surface area contributed by atoms with E-state index < -0.39 is 0 Å². The first-order chi connectivity index (χ1) is 12.2. The van der Waals surface area contributed by atoms with Crippen LogP contribution in [0.1, 0.15) is 29.7 Å². The molecule has 1 aliphatic rings. The number of benzene rings is 2. The van der Waals surface area contributed by atoms with Gasteiger partial charge in [-0.05, 0) is 23.8 Å². The van der Waals surface area contributed by atoms with Crippen molar-refractivity contribution in [3.05, 3.63) is 64.7 Å². The molecule has 1 aliphatic heterocycles. The molecule has 0 saturated heterocycles. The smallest absolute Gasteiger partial charge is 0.189 e. The minimum absolute atomic E-state index is 0.102. The maximum atomic E-state index is 6.09. The molecular formula is C19H22ClN3O2. The molecule has 25 heavy (non-hydrogen) atoms. The Labute approximate surface area is 152 Å². The Hall–Kier alpha value is -2.24. The van der Waals surface area contributed by atoms with Crippen LogP contribution in [0.2, 0.25) is 5.02 Å². The molecule has 2 aromatic rings. The van der Waals surface area contributed by atoms with Gasteiger partial charge in [0, 0.05) is 24.1 Å². The molecule has 132 valence electrons. The normalized spacial score (nSPS) is 18.2. The number of fused-ring (bicyclic) bond motifs is 1. The first kappa shape index (κ1) is 17.6. The standard InChI is InChI=1S/C19H22ClN3O2/c1-24-18(13-6-8-14(20)9-7-13)12-22-19(21)23-16-10-11-25-17-5-3-2-4-15(16)17/h2-9,16,18H,10-12H2,1H3,(H3,21,22,23). The molecule has 3 rings (SSSR count). The predicted octanol–water partition coefficient (Wildman–Crippen LogP) is 3.46. The van der Waals surface area contributed by atoms with Crippen molar-refractivity contribution >= 4 is 17.6 Å². The van der Waals surface area contributed by atoms with E-state index in [9.17, 15) is 0 Å². The van der Waals surface area contributed by atoms with Crippen LogP contribution in [0.25, 0.3) is 0 Å². The highest BCUT2D eigenvalue weighted by atomic mass is 35.5. The number of para-hydroxylation sites is 1. The molecule has 0 amide bonds. The van der Waals surface area contributed by atoms with E-state index in [1.165, 1.54) is 0 Å². The van der Waals surface area contributed by atoms with E-state index in [1.54, 1.807) is 7.11 Å². The first-order valence-electron chi connectivity index (χ1n) is 8.24. The summed E-state index contributed by atoms with van der Waals surface area (Å²) in [6.45, 7) is 1.09. The summed E-state index contributed by atoms with van der Waals surface area (Å²) in [4.78, 5) is 4.45. The Morgan fingerprint density at radius 3 is 2.84 bits per heavy atom. The number of hydrogen-bond donors (Lipinski definition) is 2. The lowest BCUT2D eigenvalue weighted by molar-refractivity contribution is 0.111. The van der Waals surface area contributed by atoms with Gasteiger partial charge in [-0.2, -0.15) is 0 Å². The fourth-order valence-corrected chi connectivity index (χ4v) is 3.02. The van der Waals surface area contributed by atoms with Crippen molar-refractivity contribution in [2.75, 3.05) is 20.3 Å². The van der Waals surface area contributed by atoms with Gasteiger partial charge in [-0.25, -0.2) is 0 Å². The molecule has 0 radical (unpaired) electrons. The van der Waals surface area contributed by atoms with Crippen LogP contribution in [0.15, 0.2) is 53.5 Å². The Kier molecular flexibility index (Phi) is 5.79. The lowest BCUT2D eigenvalue weighted by Gasteiger charge is -2.27. The quantitative estimate of drug-likeness (QED) is 0.633. The molecule has 1 heterocycles. The van der Waals surface area contributed by atoms with E-state index >= 15 is 0 Å².